The highest BCUT2D eigenvalue weighted by molar-refractivity contribution is 6.05. The van der Waals surface area contributed by atoms with E-state index in [0.717, 1.165) is 70.7 Å². The maximum Gasteiger partial charge on any atom is 0.145 e. The van der Waals surface area contributed by atoms with Crippen molar-refractivity contribution in [1.82, 2.24) is 19.7 Å². The van der Waals surface area contributed by atoms with Crippen molar-refractivity contribution in [2.75, 3.05) is 18.9 Å². The van der Waals surface area contributed by atoms with Crippen LogP contribution in [0.4, 0.5) is 5.82 Å². The molecule has 6 rings (SSSR count). The average Bonchev–Trinajstić information content (AvgIpc) is 3.36. The highest BCUT2D eigenvalue weighted by Gasteiger charge is 2.31. The van der Waals surface area contributed by atoms with E-state index < -0.39 is 0 Å². The molecule has 1 aliphatic heterocycles. The topological polar surface area (TPSA) is 92.0 Å². The molecule has 0 bridgehead atoms. The molecule has 0 spiro atoms. The van der Waals surface area contributed by atoms with Gasteiger partial charge in [0.1, 0.15) is 17.2 Å². The van der Waals surface area contributed by atoms with Crippen LogP contribution in [0, 0.1) is 19.8 Å². The van der Waals surface area contributed by atoms with Crippen molar-refractivity contribution in [3.8, 4) is 11.1 Å². The molecule has 1 atom stereocenters. The lowest BCUT2D eigenvalue weighted by atomic mass is 9.86. The molecule has 7 heteroatoms. The third-order valence-corrected chi connectivity index (χ3v) is 6.96. The van der Waals surface area contributed by atoms with E-state index in [9.17, 15) is 0 Å². The first-order valence-corrected chi connectivity index (χ1v) is 11.7. The van der Waals surface area contributed by atoms with E-state index in [1.165, 1.54) is 5.56 Å². The molecule has 5 heterocycles. The summed E-state index contributed by atoms with van der Waals surface area (Å²) in [5, 5.41) is 5.16. The molecule has 5 aromatic rings. The maximum atomic E-state index is 6.19. The fraction of sp³-hybridized carbons (Fsp3) is 0.296. The highest BCUT2D eigenvalue weighted by atomic mass is 16.5. The van der Waals surface area contributed by atoms with Crippen LogP contribution in [0.25, 0.3) is 33.2 Å². The molecule has 0 radical (unpaired) electrons. The van der Waals surface area contributed by atoms with Gasteiger partial charge in [-0.3, -0.25) is 4.98 Å². The summed E-state index contributed by atoms with van der Waals surface area (Å²) in [5.74, 6) is 1.69. The maximum absolute atomic E-state index is 6.19. The Kier molecular flexibility index (Phi) is 5.07. The smallest absolute Gasteiger partial charge is 0.145 e. The van der Waals surface area contributed by atoms with E-state index in [1.54, 1.807) is 0 Å². The first-order chi connectivity index (χ1) is 16.6. The van der Waals surface area contributed by atoms with Crippen LogP contribution >= 0.6 is 0 Å². The monoisotopic (exact) mass is 453 g/mol. The second kappa shape index (κ2) is 8.25. The van der Waals surface area contributed by atoms with E-state index in [1.807, 2.05) is 32.2 Å². The number of nitrogens with two attached hydrogens (primary N) is 1. The van der Waals surface area contributed by atoms with Gasteiger partial charge in [0.25, 0.3) is 0 Å². The summed E-state index contributed by atoms with van der Waals surface area (Å²) in [6.07, 6.45) is 3.88. The van der Waals surface area contributed by atoms with Crippen molar-refractivity contribution in [3.63, 3.8) is 0 Å². The Morgan fingerprint density at radius 2 is 1.85 bits per heavy atom. The van der Waals surface area contributed by atoms with Crippen LogP contribution < -0.4 is 5.73 Å². The molecular formula is C27H27N5O2. The number of anilines is 1. The Morgan fingerprint density at radius 1 is 1.06 bits per heavy atom. The SMILES string of the molecule is Cc1noc(C)c1-c1cnc2c3ccc(N)nc3n(C(c3ccccc3)C3CCOCC3)c2c1. The number of hydrogen-bond donors (Lipinski definition) is 1. The number of ether oxygens (including phenoxy) is 1. The molecule has 7 nitrogen and oxygen atoms in total. The molecule has 34 heavy (non-hydrogen) atoms. The highest BCUT2D eigenvalue weighted by Crippen LogP contribution is 2.41. The van der Waals surface area contributed by atoms with Crippen molar-refractivity contribution < 1.29 is 9.26 Å². The number of hydrogen-bond acceptors (Lipinski definition) is 6. The Morgan fingerprint density at radius 3 is 2.59 bits per heavy atom. The molecule has 0 saturated carbocycles. The molecule has 1 saturated heterocycles. The molecular weight excluding hydrogens is 426 g/mol. The number of nitrogen functional groups attached to an aromatic ring is 1. The second-order valence-corrected chi connectivity index (χ2v) is 9.07. The number of aromatic nitrogens is 4. The molecule has 4 aromatic heterocycles. The number of rotatable bonds is 4. The van der Waals surface area contributed by atoms with Crippen molar-refractivity contribution >= 4 is 27.9 Å². The van der Waals surface area contributed by atoms with Crippen molar-refractivity contribution in [2.45, 2.75) is 32.7 Å². The van der Waals surface area contributed by atoms with Gasteiger partial charge in [-0.25, -0.2) is 4.98 Å². The molecule has 172 valence electrons. The molecule has 0 aliphatic carbocycles. The third kappa shape index (κ3) is 3.35. The fourth-order valence-electron chi connectivity index (χ4n) is 5.42. The van der Waals surface area contributed by atoms with E-state index in [2.05, 4.69) is 46.1 Å². The molecule has 2 N–H and O–H groups in total. The Hall–Kier alpha value is -3.71. The minimum absolute atomic E-state index is 0.0844. The third-order valence-electron chi connectivity index (χ3n) is 6.96. The van der Waals surface area contributed by atoms with Crippen LogP contribution in [0.2, 0.25) is 0 Å². The summed E-state index contributed by atoms with van der Waals surface area (Å²) in [7, 11) is 0. The Labute approximate surface area is 197 Å². The van der Waals surface area contributed by atoms with Crippen LogP contribution in [-0.2, 0) is 4.74 Å². The van der Waals surface area contributed by atoms with Gasteiger partial charge in [-0.1, -0.05) is 35.5 Å². The molecule has 1 aromatic carbocycles. The lowest BCUT2D eigenvalue weighted by molar-refractivity contribution is 0.0552. The first kappa shape index (κ1) is 20.9. The number of benzene rings is 1. The van der Waals surface area contributed by atoms with Gasteiger partial charge < -0.3 is 19.6 Å². The fourth-order valence-corrected chi connectivity index (χ4v) is 5.42. The van der Waals surface area contributed by atoms with Gasteiger partial charge in [0.15, 0.2) is 0 Å². The normalized spacial score (nSPS) is 15.8. The molecule has 0 amide bonds. The Balaban J connectivity index is 1.67. The van der Waals surface area contributed by atoms with Crippen LogP contribution in [0.1, 0.15) is 35.9 Å². The summed E-state index contributed by atoms with van der Waals surface area (Å²) in [5.41, 5.74) is 13.1. The largest absolute Gasteiger partial charge is 0.384 e. The van der Waals surface area contributed by atoms with Crippen LogP contribution in [0.5, 0.6) is 0 Å². The Bertz CT molecular complexity index is 1460. The standard InChI is InChI=1S/C27H27N5O2/c1-16-24(17(2)34-31-16)20-14-22-25(29-15-20)21-8-9-23(28)30-27(21)32(22)26(18-6-4-3-5-7-18)19-10-12-33-13-11-19/h3-9,14-15,19,26H,10-13H2,1-2H3,(H2,28,30). The summed E-state index contributed by atoms with van der Waals surface area (Å²) in [6.45, 7) is 5.43. The average molecular weight is 454 g/mol. The van der Waals surface area contributed by atoms with Gasteiger partial charge in [0, 0.05) is 35.9 Å². The number of pyridine rings is 2. The van der Waals surface area contributed by atoms with Crippen LogP contribution in [0.15, 0.2) is 59.3 Å². The lowest BCUT2D eigenvalue weighted by Gasteiger charge is -2.32. The van der Waals surface area contributed by atoms with Gasteiger partial charge in [-0.2, -0.15) is 0 Å². The molecule has 1 fully saturated rings. The molecule has 1 unspecified atom stereocenters. The van der Waals surface area contributed by atoms with Gasteiger partial charge in [0.2, 0.25) is 0 Å². The van der Waals surface area contributed by atoms with E-state index in [-0.39, 0.29) is 6.04 Å². The van der Waals surface area contributed by atoms with Crippen LogP contribution in [-0.4, -0.2) is 32.9 Å². The number of aryl methyl sites for hydroxylation is 2. The second-order valence-electron chi connectivity index (χ2n) is 9.07. The zero-order chi connectivity index (χ0) is 23.2. The molecule has 1 aliphatic rings. The number of fused-ring (bicyclic) bond motifs is 3. The zero-order valence-corrected chi connectivity index (χ0v) is 19.4. The van der Waals surface area contributed by atoms with Gasteiger partial charge >= 0.3 is 0 Å². The predicted octanol–water partition coefficient (Wildman–Crippen LogP) is 5.45. The van der Waals surface area contributed by atoms with Crippen molar-refractivity contribution in [2.24, 2.45) is 5.92 Å². The zero-order valence-electron chi connectivity index (χ0n) is 19.4. The minimum atomic E-state index is 0.0844. The number of nitrogens with zero attached hydrogens (tertiary/aromatic N) is 4. The van der Waals surface area contributed by atoms with E-state index >= 15 is 0 Å². The summed E-state index contributed by atoms with van der Waals surface area (Å²) >= 11 is 0. The van der Waals surface area contributed by atoms with Gasteiger partial charge in [-0.05, 0) is 56.4 Å². The van der Waals surface area contributed by atoms with Gasteiger partial charge in [-0.15, -0.1) is 0 Å². The van der Waals surface area contributed by atoms with Gasteiger partial charge in [0.05, 0.1) is 22.8 Å². The van der Waals surface area contributed by atoms with Crippen molar-refractivity contribution in [3.05, 3.63) is 71.7 Å². The summed E-state index contributed by atoms with van der Waals surface area (Å²) < 4.78 is 13.5. The quantitative estimate of drug-likeness (QED) is 0.389. The van der Waals surface area contributed by atoms with E-state index in [4.69, 9.17) is 25.0 Å². The van der Waals surface area contributed by atoms with Crippen LogP contribution in [0.3, 0.4) is 0 Å². The van der Waals surface area contributed by atoms with Crippen molar-refractivity contribution in [1.29, 1.82) is 0 Å². The summed E-state index contributed by atoms with van der Waals surface area (Å²) in [6, 6.07) is 16.8. The first-order valence-electron chi connectivity index (χ1n) is 11.7. The minimum Gasteiger partial charge on any atom is -0.384 e. The van der Waals surface area contributed by atoms with E-state index in [0.29, 0.717) is 11.7 Å². The summed E-state index contributed by atoms with van der Waals surface area (Å²) in [4.78, 5) is 9.74. The lowest BCUT2D eigenvalue weighted by Crippen LogP contribution is -2.27. The predicted molar refractivity (Wildman–Crippen MR) is 133 cm³/mol.